The molecule has 0 aliphatic carbocycles. The lowest BCUT2D eigenvalue weighted by Gasteiger charge is -2.20. The van der Waals surface area contributed by atoms with Crippen molar-refractivity contribution in [3.8, 4) is 0 Å². The number of anilines is 2. The SMILES string of the molecule is Cc1cc(C)cc(N(C)c2cc(CCl)cc(C)n2)c1. The minimum Gasteiger partial charge on any atom is -0.329 e. The summed E-state index contributed by atoms with van der Waals surface area (Å²) in [5.41, 5.74) is 5.75. The molecule has 2 rings (SSSR count). The van der Waals surface area contributed by atoms with Crippen molar-refractivity contribution in [3.05, 3.63) is 52.7 Å². The maximum absolute atomic E-state index is 5.93. The van der Waals surface area contributed by atoms with Gasteiger partial charge in [0.2, 0.25) is 0 Å². The Hall–Kier alpha value is -1.54. The third-order valence-corrected chi connectivity index (χ3v) is 3.40. The van der Waals surface area contributed by atoms with Crippen molar-refractivity contribution in [2.75, 3.05) is 11.9 Å². The van der Waals surface area contributed by atoms with Crippen molar-refractivity contribution in [1.82, 2.24) is 4.98 Å². The molecule has 0 saturated carbocycles. The first-order chi connectivity index (χ1) is 8.99. The third kappa shape index (κ3) is 3.27. The predicted molar refractivity (Wildman–Crippen MR) is 82.5 cm³/mol. The molecule has 2 aromatic rings. The summed E-state index contributed by atoms with van der Waals surface area (Å²) < 4.78 is 0. The fourth-order valence-electron chi connectivity index (χ4n) is 2.25. The van der Waals surface area contributed by atoms with Gasteiger partial charge in [0.1, 0.15) is 5.82 Å². The summed E-state index contributed by atoms with van der Waals surface area (Å²) in [5.74, 6) is 1.44. The second-order valence-electron chi connectivity index (χ2n) is 5.01. The molecular weight excluding hydrogens is 256 g/mol. The molecule has 0 amide bonds. The number of hydrogen-bond acceptors (Lipinski definition) is 2. The number of hydrogen-bond donors (Lipinski definition) is 0. The van der Waals surface area contributed by atoms with Crippen LogP contribution in [-0.4, -0.2) is 12.0 Å². The molecule has 0 N–H and O–H groups in total. The molecule has 1 aromatic carbocycles. The second kappa shape index (κ2) is 5.62. The van der Waals surface area contributed by atoms with Gasteiger partial charge in [-0.3, -0.25) is 0 Å². The predicted octanol–water partition coefficient (Wildman–Crippen LogP) is 4.51. The van der Waals surface area contributed by atoms with Crippen molar-refractivity contribution in [1.29, 1.82) is 0 Å². The fourth-order valence-corrected chi connectivity index (χ4v) is 2.40. The zero-order chi connectivity index (χ0) is 14.0. The Morgan fingerprint density at radius 1 is 1.00 bits per heavy atom. The van der Waals surface area contributed by atoms with E-state index in [1.54, 1.807) is 0 Å². The molecule has 0 saturated heterocycles. The lowest BCUT2D eigenvalue weighted by Crippen LogP contribution is -2.12. The molecule has 19 heavy (non-hydrogen) atoms. The number of aryl methyl sites for hydroxylation is 3. The van der Waals surface area contributed by atoms with Crippen molar-refractivity contribution < 1.29 is 0 Å². The standard InChI is InChI=1S/C16H19ClN2/c1-11-5-12(2)7-15(6-11)19(4)16-9-14(10-17)8-13(3)18-16/h5-9H,10H2,1-4H3. The lowest BCUT2D eigenvalue weighted by atomic mass is 10.1. The van der Waals surface area contributed by atoms with E-state index in [4.69, 9.17) is 11.6 Å². The van der Waals surface area contributed by atoms with Crippen LogP contribution < -0.4 is 4.90 Å². The Morgan fingerprint density at radius 2 is 1.63 bits per heavy atom. The molecule has 0 fully saturated rings. The number of halogens is 1. The summed E-state index contributed by atoms with van der Waals surface area (Å²) in [6.45, 7) is 6.21. The molecule has 0 atom stereocenters. The van der Waals surface area contributed by atoms with E-state index in [9.17, 15) is 0 Å². The van der Waals surface area contributed by atoms with Gasteiger partial charge in [-0.15, -0.1) is 11.6 Å². The highest BCUT2D eigenvalue weighted by atomic mass is 35.5. The Balaban J connectivity index is 2.43. The molecule has 0 spiro atoms. The van der Waals surface area contributed by atoms with Crippen LogP contribution in [0.4, 0.5) is 11.5 Å². The Bertz CT molecular complexity index is 573. The number of aromatic nitrogens is 1. The van der Waals surface area contributed by atoms with Crippen molar-refractivity contribution >= 4 is 23.1 Å². The number of benzene rings is 1. The van der Waals surface area contributed by atoms with E-state index in [0.717, 1.165) is 22.8 Å². The smallest absolute Gasteiger partial charge is 0.133 e. The average molecular weight is 275 g/mol. The fraction of sp³-hybridized carbons (Fsp3) is 0.312. The maximum Gasteiger partial charge on any atom is 0.133 e. The van der Waals surface area contributed by atoms with Crippen LogP contribution in [0.3, 0.4) is 0 Å². The molecule has 3 heteroatoms. The van der Waals surface area contributed by atoms with Crippen LogP contribution in [0.2, 0.25) is 0 Å². The molecule has 0 bridgehead atoms. The molecular formula is C16H19ClN2. The van der Waals surface area contributed by atoms with Gasteiger partial charge >= 0.3 is 0 Å². The van der Waals surface area contributed by atoms with Gasteiger partial charge in [0, 0.05) is 24.3 Å². The molecule has 0 radical (unpaired) electrons. The Kier molecular flexibility index (Phi) is 4.11. The summed E-state index contributed by atoms with van der Waals surface area (Å²) >= 11 is 5.93. The minimum atomic E-state index is 0.511. The topological polar surface area (TPSA) is 16.1 Å². The lowest BCUT2D eigenvalue weighted by molar-refractivity contribution is 1.07. The first-order valence-electron chi connectivity index (χ1n) is 6.35. The van der Waals surface area contributed by atoms with Crippen LogP contribution in [-0.2, 0) is 5.88 Å². The van der Waals surface area contributed by atoms with Crippen LogP contribution in [0, 0.1) is 20.8 Å². The van der Waals surface area contributed by atoms with E-state index in [2.05, 4.69) is 41.9 Å². The van der Waals surface area contributed by atoms with Crippen molar-refractivity contribution in [2.45, 2.75) is 26.7 Å². The van der Waals surface area contributed by atoms with Gasteiger partial charge in [-0.1, -0.05) is 6.07 Å². The highest BCUT2D eigenvalue weighted by Crippen LogP contribution is 2.25. The van der Waals surface area contributed by atoms with Gasteiger partial charge in [-0.25, -0.2) is 4.98 Å². The highest BCUT2D eigenvalue weighted by molar-refractivity contribution is 6.17. The van der Waals surface area contributed by atoms with Crippen LogP contribution >= 0.6 is 11.6 Å². The first kappa shape index (κ1) is 13.9. The first-order valence-corrected chi connectivity index (χ1v) is 6.88. The summed E-state index contributed by atoms with van der Waals surface area (Å²) in [6.07, 6.45) is 0. The molecule has 0 aliphatic rings. The largest absolute Gasteiger partial charge is 0.329 e. The normalized spacial score (nSPS) is 10.6. The number of alkyl halides is 1. The summed E-state index contributed by atoms with van der Waals surface area (Å²) in [4.78, 5) is 6.68. The Labute approximate surface area is 120 Å². The summed E-state index contributed by atoms with van der Waals surface area (Å²) in [7, 11) is 2.04. The average Bonchev–Trinajstić information content (AvgIpc) is 2.35. The Morgan fingerprint density at radius 3 is 2.21 bits per heavy atom. The van der Waals surface area contributed by atoms with E-state index in [0.29, 0.717) is 5.88 Å². The van der Waals surface area contributed by atoms with E-state index < -0.39 is 0 Å². The van der Waals surface area contributed by atoms with Crippen molar-refractivity contribution in [2.24, 2.45) is 0 Å². The van der Waals surface area contributed by atoms with Crippen LogP contribution in [0.15, 0.2) is 30.3 Å². The van der Waals surface area contributed by atoms with Gasteiger partial charge in [0.15, 0.2) is 0 Å². The zero-order valence-electron chi connectivity index (χ0n) is 11.9. The van der Waals surface area contributed by atoms with Crippen molar-refractivity contribution in [3.63, 3.8) is 0 Å². The third-order valence-electron chi connectivity index (χ3n) is 3.09. The zero-order valence-corrected chi connectivity index (χ0v) is 12.6. The molecule has 0 aliphatic heterocycles. The quantitative estimate of drug-likeness (QED) is 0.766. The van der Waals surface area contributed by atoms with Crippen LogP contribution in [0.5, 0.6) is 0 Å². The van der Waals surface area contributed by atoms with E-state index in [1.165, 1.54) is 11.1 Å². The van der Waals surface area contributed by atoms with E-state index in [-0.39, 0.29) is 0 Å². The minimum absolute atomic E-state index is 0.511. The molecule has 2 nitrogen and oxygen atoms in total. The summed E-state index contributed by atoms with van der Waals surface area (Å²) in [6, 6.07) is 10.6. The van der Waals surface area contributed by atoms with Gasteiger partial charge in [0.25, 0.3) is 0 Å². The van der Waals surface area contributed by atoms with E-state index >= 15 is 0 Å². The van der Waals surface area contributed by atoms with Crippen LogP contribution in [0.1, 0.15) is 22.4 Å². The van der Waals surface area contributed by atoms with Gasteiger partial charge < -0.3 is 4.90 Å². The summed E-state index contributed by atoms with van der Waals surface area (Å²) in [5, 5.41) is 0. The number of pyridine rings is 1. The number of nitrogens with zero attached hydrogens (tertiary/aromatic N) is 2. The van der Waals surface area contributed by atoms with Crippen LogP contribution in [0.25, 0.3) is 0 Å². The second-order valence-corrected chi connectivity index (χ2v) is 5.28. The van der Waals surface area contributed by atoms with E-state index in [1.807, 2.05) is 26.1 Å². The highest BCUT2D eigenvalue weighted by Gasteiger charge is 2.08. The van der Waals surface area contributed by atoms with Gasteiger partial charge in [0.05, 0.1) is 0 Å². The molecule has 0 unspecified atom stereocenters. The maximum atomic E-state index is 5.93. The monoisotopic (exact) mass is 274 g/mol. The number of rotatable bonds is 3. The molecule has 100 valence electrons. The van der Waals surface area contributed by atoms with Gasteiger partial charge in [-0.2, -0.15) is 0 Å². The molecule has 1 heterocycles. The molecule has 1 aromatic heterocycles. The van der Waals surface area contributed by atoms with Gasteiger partial charge in [-0.05, 0) is 61.7 Å².